The van der Waals surface area contributed by atoms with Crippen LogP contribution >= 0.6 is 0 Å². The summed E-state index contributed by atoms with van der Waals surface area (Å²) in [4.78, 5) is 17.3. The fourth-order valence-corrected chi connectivity index (χ4v) is 5.18. The number of rotatable bonds is 4. The minimum absolute atomic E-state index is 0.108. The van der Waals surface area contributed by atoms with Gasteiger partial charge in [-0.2, -0.15) is 0 Å². The molecule has 2 fully saturated rings. The summed E-state index contributed by atoms with van der Waals surface area (Å²) in [5.41, 5.74) is 0. The average molecular weight is 346 g/mol. The van der Waals surface area contributed by atoms with Gasteiger partial charge in [0.2, 0.25) is 15.9 Å². The van der Waals surface area contributed by atoms with Crippen LogP contribution in [0.5, 0.6) is 0 Å². The number of carbonyl (C=O) groups excluding carboxylic acids is 1. The normalized spacial score (nSPS) is 31.3. The number of piperazine rings is 1. The van der Waals surface area contributed by atoms with Gasteiger partial charge in [0.15, 0.2) is 0 Å². The summed E-state index contributed by atoms with van der Waals surface area (Å²) in [6, 6.07) is 0.707. The van der Waals surface area contributed by atoms with Crippen molar-refractivity contribution in [3.8, 4) is 0 Å². The maximum Gasteiger partial charge on any atom is 0.227 e. The summed E-state index contributed by atoms with van der Waals surface area (Å²) in [5.74, 6) is 0.0602. The number of likely N-dealkylation sites (N-methyl/N-ethyl adjacent to an activating group) is 1. The van der Waals surface area contributed by atoms with Crippen molar-refractivity contribution >= 4 is 15.9 Å². The third-order valence-electron chi connectivity index (χ3n) is 5.27. The van der Waals surface area contributed by atoms with Gasteiger partial charge >= 0.3 is 0 Å². The highest BCUT2D eigenvalue weighted by molar-refractivity contribution is 7.89. The molecule has 2 aliphatic rings. The number of nitrogens with zero attached hydrogens (tertiary/aromatic N) is 3. The molecule has 0 N–H and O–H groups in total. The molecule has 0 aromatic rings. The third kappa shape index (κ3) is 4.06. The van der Waals surface area contributed by atoms with Crippen molar-refractivity contribution in [2.45, 2.75) is 52.6 Å². The predicted molar refractivity (Wildman–Crippen MR) is 91.6 cm³/mol. The van der Waals surface area contributed by atoms with E-state index in [1.165, 1.54) is 4.31 Å². The average Bonchev–Trinajstić information content (AvgIpc) is 2.54. The molecular formula is C16H31N3O3S. The lowest BCUT2D eigenvalue weighted by Gasteiger charge is -2.45. The van der Waals surface area contributed by atoms with Crippen LogP contribution in [0.1, 0.15) is 40.5 Å². The van der Waals surface area contributed by atoms with E-state index in [1.807, 2.05) is 4.90 Å². The van der Waals surface area contributed by atoms with Crippen molar-refractivity contribution < 1.29 is 13.2 Å². The van der Waals surface area contributed by atoms with Gasteiger partial charge < -0.3 is 4.90 Å². The lowest BCUT2D eigenvalue weighted by Crippen LogP contribution is -2.59. The molecule has 1 amide bonds. The molecule has 0 saturated carbocycles. The number of piperidine rings is 1. The molecule has 0 aliphatic carbocycles. The molecule has 3 atom stereocenters. The van der Waals surface area contributed by atoms with Crippen LogP contribution in [0.4, 0.5) is 0 Å². The lowest BCUT2D eigenvalue weighted by atomic mass is 9.96. The zero-order valence-electron chi connectivity index (χ0n) is 14.9. The van der Waals surface area contributed by atoms with E-state index in [2.05, 4.69) is 25.7 Å². The van der Waals surface area contributed by atoms with Gasteiger partial charge in [-0.3, -0.25) is 9.69 Å². The molecule has 2 rings (SSSR count). The van der Waals surface area contributed by atoms with Gasteiger partial charge in [-0.25, -0.2) is 12.7 Å². The van der Waals surface area contributed by atoms with E-state index in [0.717, 1.165) is 32.5 Å². The highest BCUT2D eigenvalue weighted by Gasteiger charge is 2.37. The molecule has 1 unspecified atom stereocenters. The molecule has 6 nitrogen and oxygen atoms in total. The number of carbonyl (C=O) groups is 1. The van der Waals surface area contributed by atoms with Gasteiger partial charge in [-0.15, -0.1) is 0 Å². The van der Waals surface area contributed by atoms with E-state index in [-0.39, 0.29) is 17.6 Å². The summed E-state index contributed by atoms with van der Waals surface area (Å²) < 4.78 is 25.7. The monoisotopic (exact) mass is 345 g/mol. The van der Waals surface area contributed by atoms with Crippen LogP contribution < -0.4 is 0 Å². The fourth-order valence-electron chi connectivity index (χ4n) is 4.00. The Morgan fingerprint density at radius 2 is 1.70 bits per heavy atom. The van der Waals surface area contributed by atoms with Gasteiger partial charge in [0.05, 0.1) is 11.7 Å². The Bertz CT molecular complexity index is 511. The Hall–Kier alpha value is -0.660. The molecule has 0 aromatic carbocycles. The summed E-state index contributed by atoms with van der Waals surface area (Å²) in [6.07, 6.45) is 1.57. The van der Waals surface area contributed by atoms with E-state index in [4.69, 9.17) is 0 Å². The first-order valence-corrected chi connectivity index (χ1v) is 10.4. The first-order chi connectivity index (χ1) is 10.8. The minimum Gasteiger partial charge on any atom is -0.339 e. The Morgan fingerprint density at radius 3 is 2.22 bits per heavy atom. The van der Waals surface area contributed by atoms with Crippen LogP contribution in [0, 0.1) is 5.92 Å². The molecule has 2 saturated heterocycles. The van der Waals surface area contributed by atoms with E-state index in [9.17, 15) is 13.2 Å². The second kappa shape index (κ2) is 7.49. The van der Waals surface area contributed by atoms with E-state index >= 15 is 0 Å². The second-order valence-corrected chi connectivity index (χ2v) is 9.13. The van der Waals surface area contributed by atoms with Crippen molar-refractivity contribution in [3.63, 3.8) is 0 Å². The maximum absolute atomic E-state index is 12.9. The van der Waals surface area contributed by atoms with Crippen LogP contribution in [0.25, 0.3) is 0 Å². The van der Waals surface area contributed by atoms with Crippen LogP contribution in [0.15, 0.2) is 0 Å². The third-order valence-corrected chi connectivity index (χ3v) is 7.12. The Labute approximate surface area is 140 Å². The van der Waals surface area contributed by atoms with Gasteiger partial charge in [0.1, 0.15) is 0 Å². The second-order valence-electron chi connectivity index (χ2n) is 6.87. The Morgan fingerprint density at radius 1 is 1.09 bits per heavy atom. The van der Waals surface area contributed by atoms with Crippen molar-refractivity contribution in [2.24, 2.45) is 5.92 Å². The van der Waals surface area contributed by atoms with Gasteiger partial charge in [-0.1, -0.05) is 6.92 Å². The van der Waals surface area contributed by atoms with Crippen molar-refractivity contribution in [1.29, 1.82) is 0 Å². The standard InChI is InChI=1S/C16H31N3O3S/c1-5-19-13(3)10-17(11-14(19)4)16(20)15-8-7-9-18(12-15)23(21,22)6-2/h13-15H,5-12H2,1-4H3/t13-,14+,15?. The molecule has 0 spiro atoms. The zero-order valence-corrected chi connectivity index (χ0v) is 15.7. The van der Waals surface area contributed by atoms with Crippen molar-refractivity contribution in [1.82, 2.24) is 14.1 Å². The quantitative estimate of drug-likeness (QED) is 0.762. The molecule has 134 valence electrons. The van der Waals surface area contributed by atoms with Gasteiger partial charge in [0.25, 0.3) is 0 Å². The van der Waals surface area contributed by atoms with Gasteiger partial charge in [0, 0.05) is 38.3 Å². The number of hydrogen-bond acceptors (Lipinski definition) is 4. The summed E-state index contributed by atoms with van der Waals surface area (Å²) in [5, 5.41) is 0. The Kier molecular flexibility index (Phi) is 6.08. The zero-order chi connectivity index (χ0) is 17.2. The molecule has 2 heterocycles. The molecule has 2 aliphatic heterocycles. The fraction of sp³-hybridized carbons (Fsp3) is 0.938. The van der Waals surface area contributed by atoms with Crippen LogP contribution in [0.3, 0.4) is 0 Å². The minimum atomic E-state index is -3.20. The number of amides is 1. The topological polar surface area (TPSA) is 60.9 Å². The van der Waals surface area contributed by atoms with Gasteiger partial charge in [-0.05, 0) is 40.2 Å². The van der Waals surface area contributed by atoms with Crippen LogP contribution in [0.2, 0.25) is 0 Å². The molecule has 0 radical (unpaired) electrons. The highest BCUT2D eigenvalue weighted by atomic mass is 32.2. The SMILES string of the molecule is CCN1[C@H](C)CN(C(=O)C2CCCN(S(=O)(=O)CC)C2)C[C@@H]1C. The molecular weight excluding hydrogens is 314 g/mol. The van der Waals surface area contributed by atoms with Crippen molar-refractivity contribution in [3.05, 3.63) is 0 Å². The predicted octanol–water partition coefficient (Wildman–Crippen LogP) is 0.989. The summed E-state index contributed by atoms with van der Waals surface area (Å²) in [6.45, 7) is 11.5. The largest absolute Gasteiger partial charge is 0.339 e. The summed E-state index contributed by atoms with van der Waals surface area (Å²) >= 11 is 0. The highest BCUT2D eigenvalue weighted by Crippen LogP contribution is 2.24. The van der Waals surface area contributed by atoms with Crippen LogP contribution in [-0.2, 0) is 14.8 Å². The van der Waals surface area contributed by atoms with E-state index < -0.39 is 10.0 Å². The lowest BCUT2D eigenvalue weighted by molar-refractivity contribution is -0.141. The van der Waals surface area contributed by atoms with Crippen molar-refractivity contribution in [2.75, 3.05) is 38.5 Å². The van der Waals surface area contributed by atoms with Crippen LogP contribution in [-0.4, -0.2) is 79.0 Å². The van der Waals surface area contributed by atoms with E-state index in [1.54, 1.807) is 6.92 Å². The first kappa shape index (κ1) is 18.7. The molecule has 7 heteroatoms. The molecule has 0 aromatic heterocycles. The number of sulfonamides is 1. The smallest absolute Gasteiger partial charge is 0.227 e. The Balaban J connectivity index is 2.03. The van der Waals surface area contributed by atoms with E-state index in [0.29, 0.717) is 25.2 Å². The maximum atomic E-state index is 12.9. The number of hydrogen-bond donors (Lipinski definition) is 0. The summed E-state index contributed by atoms with van der Waals surface area (Å²) in [7, 11) is -3.20. The first-order valence-electron chi connectivity index (χ1n) is 8.82. The molecule has 23 heavy (non-hydrogen) atoms. The molecule has 0 bridgehead atoms.